The lowest BCUT2D eigenvalue weighted by atomic mass is 9.98. The molecular weight excluding hydrogens is 314 g/mol. The summed E-state index contributed by atoms with van der Waals surface area (Å²) < 4.78 is 5.27. The second-order valence-corrected chi connectivity index (χ2v) is 5.68. The molecule has 25 heavy (non-hydrogen) atoms. The highest BCUT2D eigenvalue weighted by molar-refractivity contribution is 5.67. The minimum absolute atomic E-state index is 0.0492. The minimum Gasteiger partial charge on any atom is -0.474 e. The molecule has 3 rings (SSSR count). The van der Waals surface area contributed by atoms with Crippen molar-refractivity contribution in [3.05, 3.63) is 72.1 Å². The average molecular weight is 335 g/mol. The lowest BCUT2D eigenvalue weighted by molar-refractivity contribution is 0.196. The largest absolute Gasteiger partial charge is 0.474 e. The summed E-state index contributed by atoms with van der Waals surface area (Å²) in [6.07, 6.45) is 3.18. The van der Waals surface area contributed by atoms with E-state index in [9.17, 15) is 0 Å². The summed E-state index contributed by atoms with van der Waals surface area (Å²) in [6, 6.07) is 16.8. The first-order valence-electron chi connectivity index (χ1n) is 8.21. The van der Waals surface area contributed by atoms with Crippen LogP contribution in [0, 0.1) is 6.92 Å². The molecule has 2 N–H and O–H groups in total. The van der Waals surface area contributed by atoms with Crippen LogP contribution in [0.5, 0.6) is 5.88 Å². The van der Waals surface area contributed by atoms with Gasteiger partial charge in [-0.05, 0) is 29.2 Å². The molecule has 0 aliphatic carbocycles. The molecule has 128 valence electrons. The van der Waals surface area contributed by atoms with Crippen molar-refractivity contribution in [3.8, 4) is 17.0 Å². The maximum absolute atomic E-state index is 8.79. The highest BCUT2D eigenvalue weighted by Crippen LogP contribution is 2.24. The Hall–Kier alpha value is -2.92. The quantitative estimate of drug-likeness (QED) is 0.692. The molecular formula is C20H21N3O2. The van der Waals surface area contributed by atoms with Gasteiger partial charge in [0.25, 0.3) is 0 Å². The van der Waals surface area contributed by atoms with Gasteiger partial charge in [-0.15, -0.1) is 0 Å². The van der Waals surface area contributed by atoms with Crippen LogP contribution in [0.1, 0.15) is 11.1 Å². The summed E-state index contributed by atoms with van der Waals surface area (Å²) in [5.74, 6) is 1.04. The number of nitrogens with zero attached hydrogens (tertiary/aromatic N) is 2. The number of hydrogen-bond acceptors (Lipinski definition) is 5. The average Bonchev–Trinajstić information content (AvgIpc) is 2.66. The molecule has 0 unspecified atom stereocenters. The van der Waals surface area contributed by atoms with Crippen molar-refractivity contribution >= 4 is 5.82 Å². The fourth-order valence-electron chi connectivity index (χ4n) is 2.62. The summed E-state index contributed by atoms with van der Waals surface area (Å²) in [5, 5.41) is 12.0. The zero-order valence-electron chi connectivity index (χ0n) is 14.1. The van der Waals surface area contributed by atoms with E-state index in [1.807, 2.05) is 6.07 Å². The van der Waals surface area contributed by atoms with Gasteiger partial charge in [0.15, 0.2) is 0 Å². The Morgan fingerprint density at radius 2 is 1.92 bits per heavy atom. The third kappa shape index (κ3) is 4.55. The van der Waals surface area contributed by atoms with Crippen molar-refractivity contribution in [3.63, 3.8) is 0 Å². The third-order valence-electron chi connectivity index (χ3n) is 3.80. The van der Waals surface area contributed by atoms with Gasteiger partial charge in [0.1, 0.15) is 12.4 Å². The predicted molar refractivity (Wildman–Crippen MR) is 98.6 cm³/mol. The van der Waals surface area contributed by atoms with E-state index >= 15 is 0 Å². The van der Waals surface area contributed by atoms with Gasteiger partial charge in [0.05, 0.1) is 19.0 Å². The second kappa shape index (κ2) is 8.26. The Kier molecular flexibility index (Phi) is 5.59. The molecule has 2 aromatic carbocycles. The van der Waals surface area contributed by atoms with Crippen molar-refractivity contribution in [1.29, 1.82) is 0 Å². The minimum atomic E-state index is -0.0492. The molecule has 5 heteroatoms. The number of aryl methyl sites for hydroxylation is 1. The molecule has 0 saturated heterocycles. The highest BCUT2D eigenvalue weighted by Gasteiger charge is 2.04. The first-order valence-corrected chi connectivity index (χ1v) is 8.21. The van der Waals surface area contributed by atoms with Crippen molar-refractivity contribution < 1.29 is 9.84 Å². The smallest absolute Gasteiger partial charge is 0.234 e. The van der Waals surface area contributed by atoms with Crippen LogP contribution < -0.4 is 10.1 Å². The molecule has 0 fully saturated rings. The Bertz CT molecular complexity index is 822. The van der Waals surface area contributed by atoms with Gasteiger partial charge in [-0.3, -0.25) is 4.98 Å². The van der Waals surface area contributed by atoms with Crippen LogP contribution in [0.4, 0.5) is 5.82 Å². The van der Waals surface area contributed by atoms with E-state index in [-0.39, 0.29) is 13.2 Å². The van der Waals surface area contributed by atoms with Gasteiger partial charge in [0.2, 0.25) is 5.88 Å². The molecule has 0 atom stereocenters. The van der Waals surface area contributed by atoms with Crippen LogP contribution >= 0.6 is 0 Å². The molecule has 0 saturated carbocycles. The van der Waals surface area contributed by atoms with Gasteiger partial charge in [-0.2, -0.15) is 4.98 Å². The van der Waals surface area contributed by atoms with Gasteiger partial charge in [-0.25, -0.2) is 0 Å². The maximum Gasteiger partial charge on any atom is 0.234 e. The Morgan fingerprint density at radius 3 is 2.68 bits per heavy atom. The predicted octanol–water partition coefficient (Wildman–Crippen LogP) is 3.44. The molecule has 1 heterocycles. The van der Waals surface area contributed by atoms with Crippen LogP contribution in [-0.2, 0) is 6.54 Å². The number of aromatic nitrogens is 2. The number of benzene rings is 2. The number of anilines is 1. The molecule has 3 aromatic rings. The van der Waals surface area contributed by atoms with E-state index < -0.39 is 0 Å². The summed E-state index contributed by atoms with van der Waals surface area (Å²) in [7, 11) is 0. The maximum atomic E-state index is 8.79. The number of aliphatic hydroxyl groups is 1. The molecule has 0 spiro atoms. The van der Waals surface area contributed by atoms with Crippen molar-refractivity contribution in [2.45, 2.75) is 13.5 Å². The van der Waals surface area contributed by atoms with Gasteiger partial charge >= 0.3 is 0 Å². The van der Waals surface area contributed by atoms with E-state index in [2.05, 4.69) is 64.7 Å². The number of aliphatic hydroxyl groups excluding tert-OH is 1. The zero-order chi connectivity index (χ0) is 17.5. The summed E-state index contributed by atoms with van der Waals surface area (Å²) >= 11 is 0. The SMILES string of the molecule is Cc1cc(CNc2cncc(OCCO)n2)ccc1-c1ccccc1. The van der Waals surface area contributed by atoms with E-state index in [4.69, 9.17) is 9.84 Å². The third-order valence-corrected chi connectivity index (χ3v) is 3.80. The number of hydrogen-bond donors (Lipinski definition) is 2. The molecule has 0 bridgehead atoms. The van der Waals surface area contributed by atoms with Crippen LogP contribution in [0.3, 0.4) is 0 Å². The zero-order valence-corrected chi connectivity index (χ0v) is 14.1. The summed E-state index contributed by atoms with van der Waals surface area (Å²) in [4.78, 5) is 8.40. The lowest BCUT2D eigenvalue weighted by Crippen LogP contribution is -2.06. The Morgan fingerprint density at radius 1 is 1.08 bits per heavy atom. The van der Waals surface area contributed by atoms with Gasteiger partial charge < -0.3 is 15.2 Å². The molecule has 0 amide bonds. The standard InChI is InChI=1S/C20H21N3O2/c1-15-11-16(7-8-18(15)17-5-3-2-4-6-17)12-22-19-13-21-14-20(23-19)25-10-9-24/h2-8,11,13-14,24H,9-10,12H2,1H3,(H,22,23). The first kappa shape index (κ1) is 16.9. The molecule has 0 aliphatic heterocycles. The fraction of sp³-hybridized carbons (Fsp3) is 0.200. The van der Waals surface area contributed by atoms with Gasteiger partial charge in [-0.1, -0.05) is 48.5 Å². The van der Waals surface area contributed by atoms with Crippen LogP contribution in [0.2, 0.25) is 0 Å². The van der Waals surface area contributed by atoms with Crippen LogP contribution in [-0.4, -0.2) is 28.3 Å². The van der Waals surface area contributed by atoms with Crippen molar-refractivity contribution in [1.82, 2.24) is 9.97 Å². The van der Waals surface area contributed by atoms with Gasteiger partial charge in [0, 0.05) is 6.54 Å². The fourth-order valence-corrected chi connectivity index (χ4v) is 2.62. The Balaban J connectivity index is 1.67. The van der Waals surface area contributed by atoms with E-state index in [0.717, 1.165) is 0 Å². The highest BCUT2D eigenvalue weighted by atomic mass is 16.5. The van der Waals surface area contributed by atoms with E-state index in [0.29, 0.717) is 18.2 Å². The molecule has 1 aromatic heterocycles. The van der Waals surface area contributed by atoms with Crippen molar-refractivity contribution in [2.24, 2.45) is 0 Å². The monoisotopic (exact) mass is 335 g/mol. The normalized spacial score (nSPS) is 10.5. The topological polar surface area (TPSA) is 67.3 Å². The second-order valence-electron chi connectivity index (χ2n) is 5.68. The lowest BCUT2D eigenvalue weighted by Gasteiger charge is -2.11. The van der Waals surface area contributed by atoms with Crippen molar-refractivity contribution in [2.75, 3.05) is 18.5 Å². The number of rotatable bonds is 7. The molecule has 5 nitrogen and oxygen atoms in total. The number of ether oxygens (including phenoxy) is 1. The first-order chi connectivity index (χ1) is 12.3. The Labute approximate surface area is 147 Å². The number of nitrogens with one attached hydrogen (secondary N) is 1. The summed E-state index contributed by atoms with van der Waals surface area (Å²) in [6.45, 7) is 2.92. The van der Waals surface area contributed by atoms with E-state index in [1.54, 1.807) is 6.20 Å². The van der Waals surface area contributed by atoms with Crippen LogP contribution in [0.15, 0.2) is 60.9 Å². The summed E-state index contributed by atoms with van der Waals surface area (Å²) in [5.41, 5.74) is 4.86. The molecule has 0 radical (unpaired) electrons. The van der Waals surface area contributed by atoms with E-state index in [1.165, 1.54) is 28.5 Å². The van der Waals surface area contributed by atoms with Crippen LogP contribution in [0.25, 0.3) is 11.1 Å². The molecule has 0 aliphatic rings.